The summed E-state index contributed by atoms with van der Waals surface area (Å²) in [7, 11) is 0. The number of hydrogen-bond donors (Lipinski definition) is 2. The van der Waals surface area contributed by atoms with Crippen molar-refractivity contribution in [3.8, 4) is 5.75 Å². The Kier molecular flexibility index (Phi) is 7.45. The highest BCUT2D eigenvalue weighted by Gasteiger charge is 2.23. The van der Waals surface area contributed by atoms with Gasteiger partial charge < -0.3 is 15.4 Å². The first-order chi connectivity index (χ1) is 16.4. The van der Waals surface area contributed by atoms with Gasteiger partial charge in [0.25, 0.3) is 5.91 Å². The molecule has 2 heterocycles. The molecule has 1 fully saturated rings. The summed E-state index contributed by atoms with van der Waals surface area (Å²) in [6.07, 6.45) is 6.91. The van der Waals surface area contributed by atoms with Crippen LogP contribution >= 0.6 is 0 Å². The van der Waals surface area contributed by atoms with Crippen LogP contribution in [0.2, 0.25) is 0 Å². The second-order valence-corrected chi connectivity index (χ2v) is 9.02. The topological polar surface area (TPSA) is 98.1 Å². The second-order valence-electron chi connectivity index (χ2n) is 9.02. The summed E-state index contributed by atoms with van der Waals surface area (Å²) in [6, 6.07) is 8.10. The number of carbonyl (C=O) groups excluding carboxylic acids is 2. The minimum atomic E-state index is -0.173. The number of benzene rings is 1. The molecule has 8 heteroatoms. The summed E-state index contributed by atoms with van der Waals surface area (Å²) >= 11 is 0. The van der Waals surface area contributed by atoms with Crippen LogP contribution in [0, 0.1) is 0 Å². The molecular weight excluding hydrogens is 430 g/mol. The molecule has 2 N–H and O–H groups in total. The number of anilines is 1. The molecule has 1 aliphatic carbocycles. The quantitative estimate of drug-likeness (QED) is 0.495. The molecule has 8 nitrogen and oxygen atoms in total. The van der Waals surface area contributed by atoms with Gasteiger partial charge >= 0.3 is 0 Å². The lowest BCUT2D eigenvalue weighted by molar-refractivity contribution is -0.120. The summed E-state index contributed by atoms with van der Waals surface area (Å²) in [5, 5.41) is 11.8. The van der Waals surface area contributed by atoms with Crippen LogP contribution in [0.4, 0.5) is 5.69 Å². The van der Waals surface area contributed by atoms with Gasteiger partial charge in [-0.3, -0.25) is 9.59 Å². The van der Waals surface area contributed by atoms with Gasteiger partial charge in [0, 0.05) is 38.2 Å². The fourth-order valence-corrected chi connectivity index (χ4v) is 4.30. The molecule has 2 aromatic heterocycles. The number of ketones is 1. The number of aromatic nitrogens is 3. The van der Waals surface area contributed by atoms with Crippen molar-refractivity contribution in [2.24, 2.45) is 0 Å². The zero-order valence-electron chi connectivity index (χ0n) is 20.1. The van der Waals surface area contributed by atoms with Crippen molar-refractivity contribution in [3.05, 3.63) is 47.8 Å². The molecule has 3 aromatic rings. The normalized spacial score (nSPS) is 14.5. The van der Waals surface area contributed by atoms with E-state index in [2.05, 4.69) is 20.7 Å². The standard InChI is InChI=1S/C26H33N5O3/c1-4-31-25-22(16-29-31)24(30-19-7-9-20(32)10-8-19)23(15-28-25)26(33)27-14-13-18-5-11-21(12-6-18)34-17(2)3/h5-6,11-12,15-17,19H,4,7-10,13-14H2,1-3H3,(H,27,33)(H,28,30). The number of nitrogens with zero attached hydrogens (tertiary/aromatic N) is 3. The average molecular weight is 464 g/mol. The number of carbonyl (C=O) groups is 2. The number of aryl methyl sites for hydroxylation is 1. The predicted octanol–water partition coefficient (Wildman–Crippen LogP) is 4.13. The highest BCUT2D eigenvalue weighted by atomic mass is 16.5. The van der Waals surface area contributed by atoms with E-state index in [1.165, 1.54) is 0 Å². The van der Waals surface area contributed by atoms with Crippen molar-refractivity contribution in [2.75, 3.05) is 11.9 Å². The van der Waals surface area contributed by atoms with Crippen LogP contribution in [0.25, 0.3) is 11.0 Å². The average Bonchev–Trinajstić information content (AvgIpc) is 3.25. The number of amides is 1. The summed E-state index contributed by atoms with van der Waals surface area (Å²) in [5.74, 6) is 0.973. The van der Waals surface area contributed by atoms with Gasteiger partial charge in [-0.25, -0.2) is 9.67 Å². The van der Waals surface area contributed by atoms with Gasteiger partial charge in [-0.05, 0) is 57.7 Å². The Hall–Kier alpha value is -3.42. The minimum absolute atomic E-state index is 0.137. The lowest BCUT2D eigenvalue weighted by Crippen LogP contribution is -2.30. The number of nitrogens with one attached hydrogen (secondary N) is 2. The maximum absolute atomic E-state index is 13.2. The highest BCUT2D eigenvalue weighted by Crippen LogP contribution is 2.29. The van der Waals surface area contributed by atoms with Gasteiger partial charge in [-0.1, -0.05) is 12.1 Å². The van der Waals surface area contributed by atoms with Crippen LogP contribution in [0.15, 0.2) is 36.7 Å². The number of ether oxygens (including phenoxy) is 1. The molecule has 1 aliphatic rings. The van der Waals surface area contributed by atoms with Crippen LogP contribution < -0.4 is 15.4 Å². The zero-order valence-corrected chi connectivity index (χ0v) is 20.1. The fraction of sp³-hybridized carbons (Fsp3) is 0.462. The van der Waals surface area contributed by atoms with E-state index in [-0.39, 0.29) is 18.1 Å². The number of rotatable bonds is 9. The molecule has 0 radical (unpaired) electrons. The molecule has 1 aromatic carbocycles. The SMILES string of the molecule is CCn1ncc2c(NC3CCC(=O)CC3)c(C(=O)NCCc3ccc(OC(C)C)cc3)cnc21. The van der Waals surface area contributed by atoms with E-state index in [4.69, 9.17) is 4.74 Å². The Balaban J connectivity index is 1.47. The first kappa shape index (κ1) is 23.7. The van der Waals surface area contributed by atoms with Crippen LogP contribution in [-0.4, -0.2) is 45.1 Å². The predicted molar refractivity (Wildman–Crippen MR) is 132 cm³/mol. The van der Waals surface area contributed by atoms with Gasteiger partial charge in [0.15, 0.2) is 5.65 Å². The fourth-order valence-electron chi connectivity index (χ4n) is 4.30. The Morgan fingerprint density at radius 2 is 1.91 bits per heavy atom. The lowest BCUT2D eigenvalue weighted by atomic mass is 9.94. The molecule has 0 aliphatic heterocycles. The lowest BCUT2D eigenvalue weighted by Gasteiger charge is -2.24. The minimum Gasteiger partial charge on any atom is -0.491 e. The summed E-state index contributed by atoms with van der Waals surface area (Å²) in [6.45, 7) is 7.21. The third kappa shape index (κ3) is 5.55. The molecule has 4 rings (SSSR count). The Labute approximate surface area is 200 Å². The molecule has 180 valence electrons. The molecule has 0 saturated heterocycles. The van der Waals surface area contributed by atoms with E-state index in [9.17, 15) is 9.59 Å². The highest BCUT2D eigenvalue weighted by molar-refractivity contribution is 6.06. The number of fused-ring (bicyclic) bond motifs is 1. The smallest absolute Gasteiger partial charge is 0.254 e. The van der Waals surface area contributed by atoms with E-state index in [1.54, 1.807) is 12.4 Å². The first-order valence-electron chi connectivity index (χ1n) is 12.1. The summed E-state index contributed by atoms with van der Waals surface area (Å²) in [5.41, 5.74) is 3.12. The third-order valence-corrected chi connectivity index (χ3v) is 6.10. The van der Waals surface area contributed by atoms with E-state index >= 15 is 0 Å². The van der Waals surface area contributed by atoms with Gasteiger partial charge in [-0.15, -0.1) is 0 Å². The second kappa shape index (κ2) is 10.7. The monoisotopic (exact) mass is 463 g/mol. The Morgan fingerprint density at radius 1 is 1.18 bits per heavy atom. The third-order valence-electron chi connectivity index (χ3n) is 6.10. The van der Waals surface area contributed by atoms with Gasteiger partial charge in [0.2, 0.25) is 0 Å². The number of pyridine rings is 1. The summed E-state index contributed by atoms with van der Waals surface area (Å²) < 4.78 is 7.51. The summed E-state index contributed by atoms with van der Waals surface area (Å²) in [4.78, 5) is 29.4. The van der Waals surface area contributed by atoms with Crippen LogP contribution in [0.1, 0.15) is 62.4 Å². The maximum atomic E-state index is 13.2. The first-order valence-corrected chi connectivity index (χ1v) is 12.1. The Bertz CT molecular complexity index is 1140. The van der Waals surface area contributed by atoms with Crippen molar-refractivity contribution in [1.82, 2.24) is 20.1 Å². The number of hydrogen-bond acceptors (Lipinski definition) is 6. The Morgan fingerprint density at radius 3 is 2.59 bits per heavy atom. The molecule has 0 spiro atoms. The zero-order chi connectivity index (χ0) is 24.1. The van der Waals surface area contributed by atoms with Crippen molar-refractivity contribution in [2.45, 2.75) is 71.6 Å². The van der Waals surface area contributed by atoms with Crippen molar-refractivity contribution < 1.29 is 14.3 Å². The molecule has 0 atom stereocenters. The van der Waals surface area contributed by atoms with E-state index < -0.39 is 0 Å². The largest absolute Gasteiger partial charge is 0.491 e. The molecule has 34 heavy (non-hydrogen) atoms. The van der Waals surface area contributed by atoms with Crippen LogP contribution in [-0.2, 0) is 17.8 Å². The van der Waals surface area contributed by atoms with Gasteiger partial charge in [0.1, 0.15) is 11.5 Å². The molecular formula is C26H33N5O3. The van der Waals surface area contributed by atoms with E-state index in [0.29, 0.717) is 43.7 Å². The van der Waals surface area contributed by atoms with Gasteiger partial charge in [0.05, 0.1) is 28.9 Å². The van der Waals surface area contributed by atoms with Crippen molar-refractivity contribution >= 4 is 28.4 Å². The van der Waals surface area contributed by atoms with Crippen LogP contribution in [0.5, 0.6) is 5.75 Å². The maximum Gasteiger partial charge on any atom is 0.254 e. The molecule has 0 unspecified atom stereocenters. The van der Waals surface area contributed by atoms with E-state index in [1.807, 2.05) is 49.7 Å². The molecule has 1 amide bonds. The van der Waals surface area contributed by atoms with Crippen molar-refractivity contribution in [3.63, 3.8) is 0 Å². The molecule has 0 bridgehead atoms. The van der Waals surface area contributed by atoms with Gasteiger partial charge in [-0.2, -0.15) is 5.10 Å². The molecule has 1 saturated carbocycles. The van der Waals surface area contributed by atoms with Crippen molar-refractivity contribution in [1.29, 1.82) is 0 Å². The van der Waals surface area contributed by atoms with E-state index in [0.717, 1.165) is 40.9 Å². The number of Topliss-reactive ketones (excluding diaryl/α,β-unsaturated/α-hetero) is 1. The van der Waals surface area contributed by atoms with Crippen LogP contribution in [0.3, 0.4) is 0 Å².